The Morgan fingerprint density at radius 3 is 2.87 bits per heavy atom. The normalized spacial score (nSPS) is 32.9. The molecule has 3 saturated heterocycles. The summed E-state index contributed by atoms with van der Waals surface area (Å²) in [6.07, 6.45) is -2.04. The van der Waals surface area contributed by atoms with Gasteiger partial charge in [-0.25, -0.2) is 18.9 Å². The van der Waals surface area contributed by atoms with E-state index in [-0.39, 0.29) is 48.2 Å². The van der Waals surface area contributed by atoms with E-state index in [0.717, 1.165) is 0 Å². The zero-order valence-electron chi connectivity index (χ0n) is 20.6. The van der Waals surface area contributed by atoms with Crippen LogP contribution in [0.3, 0.4) is 0 Å². The number of imide groups is 1. The molecule has 0 aliphatic carbocycles. The fourth-order valence-corrected chi connectivity index (χ4v) is 6.19. The molecule has 38 heavy (non-hydrogen) atoms. The van der Waals surface area contributed by atoms with Gasteiger partial charge in [0.05, 0.1) is 35.5 Å². The van der Waals surface area contributed by atoms with Crippen molar-refractivity contribution in [2.45, 2.75) is 50.8 Å². The first-order valence-electron chi connectivity index (χ1n) is 12.0. The first-order chi connectivity index (χ1) is 18.2. The molecule has 4 amide bonds. The van der Waals surface area contributed by atoms with Crippen LogP contribution < -0.4 is 20.4 Å². The van der Waals surface area contributed by atoms with E-state index in [1.165, 1.54) is 18.2 Å². The number of aliphatic hydroxyl groups is 1. The van der Waals surface area contributed by atoms with Crippen LogP contribution in [0.15, 0.2) is 15.7 Å². The van der Waals surface area contributed by atoms with Gasteiger partial charge in [0.15, 0.2) is 11.6 Å². The van der Waals surface area contributed by atoms with E-state index >= 15 is 4.39 Å². The number of carbonyl (C=O) groups excluding carboxylic acids is 3. The second-order valence-electron chi connectivity index (χ2n) is 9.83. The highest BCUT2D eigenvalue weighted by Crippen LogP contribution is 2.50. The van der Waals surface area contributed by atoms with Crippen LogP contribution in [0, 0.1) is 11.2 Å². The average Bonchev–Trinajstić information content (AvgIpc) is 3.43. The number of carbonyl (C=O) groups is 3. The molecule has 6 unspecified atom stereocenters. The largest absolute Gasteiger partial charge is 0.446 e. The number of ether oxygens (including phenoxy) is 2. The minimum absolute atomic E-state index is 0.00131. The average molecular weight is 532 g/mol. The lowest BCUT2D eigenvalue weighted by Crippen LogP contribution is -2.76. The number of urea groups is 1. The molecular weight excluding hydrogens is 507 g/mol. The second-order valence-corrected chi connectivity index (χ2v) is 9.83. The van der Waals surface area contributed by atoms with Crippen LogP contribution in [0.5, 0.6) is 0 Å². The minimum atomic E-state index is -1.60. The van der Waals surface area contributed by atoms with Crippen molar-refractivity contribution < 1.29 is 42.7 Å². The van der Waals surface area contributed by atoms with E-state index in [4.69, 9.17) is 18.8 Å². The number of amides is 4. The molecule has 0 saturated carbocycles. The number of cyclic esters (lactones) is 1. The summed E-state index contributed by atoms with van der Waals surface area (Å²) in [7, 11) is 1.35. The lowest BCUT2D eigenvalue weighted by molar-refractivity contribution is -0.155. The van der Waals surface area contributed by atoms with Crippen molar-refractivity contribution in [1.82, 2.24) is 15.8 Å². The van der Waals surface area contributed by atoms with Gasteiger partial charge in [0, 0.05) is 6.54 Å². The maximum absolute atomic E-state index is 16.3. The number of hydrogen-bond acceptors (Lipinski definition) is 11. The first kappa shape index (κ1) is 24.4. The fourth-order valence-electron chi connectivity index (χ4n) is 6.19. The van der Waals surface area contributed by atoms with E-state index in [1.54, 1.807) is 17.9 Å². The Morgan fingerprint density at radius 2 is 2.13 bits per heavy atom. The molecule has 2 aromatic rings. The maximum atomic E-state index is 16.3. The highest BCUT2D eigenvalue weighted by atomic mass is 19.1. The van der Waals surface area contributed by atoms with Crippen molar-refractivity contribution in [3.05, 3.63) is 17.4 Å². The van der Waals surface area contributed by atoms with Crippen LogP contribution in [-0.2, 0) is 25.5 Å². The Labute approximate surface area is 214 Å². The zero-order valence-corrected chi connectivity index (χ0v) is 20.6. The molecule has 202 valence electrons. The van der Waals surface area contributed by atoms with Gasteiger partial charge in [-0.05, 0) is 31.9 Å². The lowest BCUT2D eigenvalue weighted by atomic mass is 9.66. The molecule has 1 aromatic carbocycles. The number of rotatable bonds is 3. The Bertz CT molecular complexity index is 1380. The van der Waals surface area contributed by atoms with E-state index in [9.17, 15) is 19.5 Å². The Kier molecular flexibility index (Phi) is 5.47. The molecule has 3 N–H and O–H groups in total. The number of aliphatic hydroxyl groups excluding tert-OH is 1. The molecule has 4 aliphatic heterocycles. The molecular formula is C23H25FN6O8. The molecule has 4 aliphatic rings. The predicted molar refractivity (Wildman–Crippen MR) is 127 cm³/mol. The summed E-state index contributed by atoms with van der Waals surface area (Å²) in [5.74, 6) is -1.44. The SMILES string of the molecule is CON=CC1COC(=O)N1c1noc2c(F)c3c(cc12)CC1(C(=O)NC(=O)NC1O)C1C(C)OC(C)CN31. The molecule has 0 bridgehead atoms. The number of halogens is 1. The van der Waals surface area contributed by atoms with Crippen molar-refractivity contribution >= 4 is 46.7 Å². The molecule has 15 heteroatoms. The molecule has 3 fully saturated rings. The van der Waals surface area contributed by atoms with Gasteiger partial charge in [0.1, 0.15) is 31.4 Å². The van der Waals surface area contributed by atoms with E-state index in [2.05, 4.69) is 20.9 Å². The van der Waals surface area contributed by atoms with Crippen LogP contribution in [0.4, 0.5) is 25.5 Å². The molecule has 5 heterocycles. The third-order valence-corrected chi connectivity index (χ3v) is 7.60. The van der Waals surface area contributed by atoms with Crippen LogP contribution >= 0.6 is 0 Å². The van der Waals surface area contributed by atoms with Crippen LogP contribution in [0.1, 0.15) is 19.4 Å². The van der Waals surface area contributed by atoms with Crippen LogP contribution in [0.25, 0.3) is 11.0 Å². The van der Waals surface area contributed by atoms with Crippen molar-refractivity contribution in [3.8, 4) is 0 Å². The van der Waals surface area contributed by atoms with Gasteiger partial charge in [-0.2, -0.15) is 0 Å². The fraction of sp³-hybridized carbons (Fsp3) is 0.522. The highest BCUT2D eigenvalue weighted by molar-refractivity contribution is 6.05. The standard InChI is InChI=1S/C23H25FN6O8/c1-9-7-29-15-11(5-23(17(29)10(2)37-9)19(31)26-21(33)27-20(23)32)4-13-16(14(15)24)38-28-18(13)30-12(6-25-35-3)8-36-22(30)34/h4,6,9-10,12,17,19,31H,5,7-8H2,1-3H3,(H2,26,27,32,33). The molecule has 0 radical (unpaired) electrons. The molecule has 6 rings (SSSR count). The summed E-state index contributed by atoms with van der Waals surface area (Å²) in [6.45, 7) is 3.72. The summed E-state index contributed by atoms with van der Waals surface area (Å²) in [5, 5.41) is 23.6. The Balaban J connectivity index is 1.54. The quantitative estimate of drug-likeness (QED) is 0.376. The van der Waals surface area contributed by atoms with Gasteiger partial charge in [-0.3, -0.25) is 10.1 Å². The second kappa shape index (κ2) is 8.52. The number of nitrogens with one attached hydrogen (secondary N) is 2. The summed E-state index contributed by atoms with van der Waals surface area (Å²) in [6, 6.07) is -0.760. The monoisotopic (exact) mass is 532 g/mol. The molecule has 14 nitrogen and oxygen atoms in total. The van der Waals surface area contributed by atoms with Crippen LogP contribution in [0.2, 0.25) is 0 Å². The number of hydrogen-bond donors (Lipinski definition) is 3. The number of nitrogens with zero attached hydrogens (tertiary/aromatic N) is 4. The number of anilines is 2. The minimum Gasteiger partial charge on any atom is -0.446 e. The summed E-state index contributed by atoms with van der Waals surface area (Å²) < 4.78 is 32.8. The van der Waals surface area contributed by atoms with Gasteiger partial charge in [-0.15, -0.1) is 0 Å². The van der Waals surface area contributed by atoms with E-state index < -0.39 is 53.7 Å². The van der Waals surface area contributed by atoms with Gasteiger partial charge in [0.2, 0.25) is 11.5 Å². The third-order valence-electron chi connectivity index (χ3n) is 7.60. The summed E-state index contributed by atoms with van der Waals surface area (Å²) in [4.78, 5) is 45.5. The number of morpholine rings is 1. The highest BCUT2D eigenvalue weighted by Gasteiger charge is 2.63. The zero-order chi connectivity index (χ0) is 26.9. The number of benzene rings is 1. The topological polar surface area (TPSA) is 168 Å². The van der Waals surface area contributed by atoms with Gasteiger partial charge in [-0.1, -0.05) is 10.3 Å². The van der Waals surface area contributed by atoms with Gasteiger partial charge >= 0.3 is 12.1 Å². The van der Waals surface area contributed by atoms with Crippen molar-refractivity contribution in [2.75, 3.05) is 30.1 Å². The maximum Gasteiger partial charge on any atom is 0.416 e. The van der Waals surface area contributed by atoms with Gasteiger partial charge in [0.25, 0.3) is 0 Å². The predicted octanol–water partition coefficient (Wildman–Crippen LogP) is 0.607. The Morgan fingerprint density at radius 1 is 1.34 bits per heavy atom. The van der Waals surface area contributed by atoms with Crippen LogP contribution in [-0.4, -0.2) is 85.3 Å². The van der Waals surface area contributed by atoms with Crippen molar-refractivity contribution in [1.29, 1.82) is 0 Å². The smallest absolute Gasteiger partial charge is 0.416 e. The van der Waals surface area contributed by atoms with E-state index in [1.807, 2.05) is 6.92 Å². The first-order valence-corrected chi connectivity index (χ1v) is 12.0. The van der Waals surface area contributed by atoms with E-state index in [0.29, 0.717) is 5.56 Å². The number of fused-ring (bicyclic) bond motifs is 5. The molecule has 1 aromatic heterocycles. The van der Waals surface area contributed by atoms with Crippen molar-refractivity contribution in [3.63, 3.8) is 0 Å². The molecule has 1 spiro atoms. The lowest BCUT2D eigenvalue weighted by Gasteiger charge is -2.57. The van der Waals surface area contributed by atoms with Gasteiger partial charge < -0.3 is 34.2 Å². The summed E-state index contributed by atoms with van der Waals surface area (Å²) >= 11 is 0. The third kappa shape index (κ3) is 3.27. The Hall–Kier alpha value is -3.98. The number of oxime groups is 1. The summed E-state index contributed by atoms with van der Waals surface area (Å²) in [5.41, 5.74) is -1.25. The van der Waals surface area contributed by atoms with Crippen molar-refractivity contribution in [2.24, 2.45) is 10.6 Å². The molecule has 6 atom stereocenters. The number of aromatic nitrogens is 1.